The minimum atomic E-state index is -0.162. The summed E-state index contributed by atoms with van der Waals surface area (Å²) in [7, 11) is 0. The van der Waals surface area contributed by atoms with Crippen LogP contribution in [0.15, 0.2) is 12.1 Å². The van der Waals surface area contributed by atoms with E-state index in [0.29, 0.717) is 32.6 Å². The number of anilines is 4. The molecule has 2 aromatic rings. The van der Waals surface area contributed by atoms with Crippen molar-refractivity contribution in [3.8, 4) is 0 Å². The van der Waals surface area contributed by atoms with Crippen LogP contribution in [-0.4, -0.2) is 143 Å². The maximum absolute atomic E-state index is 12.2. The maximum Gasteiger partial charge on any atom is 0.227 e. The molecule has 0 aromatic carbocycles. The highest BCUT2D eigenvalue weighted by molar-refractivity contribution is 7.99. The predicted octanol–water partition coefficient (Wildman–Crippen LogP) is 2.40. The summed E-state index contributed by atoms with van der Waals surface area (Å²) in [6, 6.07) is 4.69. The first-order valence-electron chi connectivity index (χ1n) is 18.1. The Balaban J connectivity index is 1.09. The van der Waals surface area contributed by atoms with Crippen LogP contribution in [0, 0.1) is 0 Å². The molecule has 3 N–H and O–H groups in total. The third kappa shape index (κ3) is 8.04. The van der Waals surface area contributed by atoms with Gasteiger partial charge in [-0.25, -0.2) is 9.97 Å². The zero-order valence-electron chi connectivity index (χ0n) is 31.1. The Hall–Kier alpha value is -3.43. The van der Waals surface area contributed by atoms with Gasteiger partial charge in [-0.05, 0) is 20.1 Å². The number of piperazine rings is 2. The minimum Gasteiger partial charge on any atom is -0.365 e. The first kappa shape index (κ1) is 36.4. The second kappa shape index (κ2) is 14.7. The molecule has 15 heteroatoms. The normalized spacial score (nSPS) is 22.2. The van der Waals surface area contributed by atoms with Crippen LogP contribution in [0.4, 0.5) is 23.5 Å². The Morgan fingerprint density at radius 1 is 0.820 bits per heavy atom. The van der Waals surface area contributed by atoms with Gasteiger partial charge in [0.1, 0.15) is 11.6 Å². The fourth-order valence-electron chi connectivity index (χ4n) is 6.78. The Morgan fingerprint density at radius 2 is 1.36 bits per heavy atom. The summed E-state index contributed by atoms with van der Waals surface area (Å²) in [5.41, 5.74) is 1.88. The van der Waals surface area contributed by atoms with Crippen LogP contribution in [-0.2, 0) is 19.8 Å². The van der Waals surface area contributed by atoms with Crippen LogP contribution in [0.5, 0.6) is 0 Å². The van der Waals surface area contributed by atoms with Crippen molar-refractivity contribution in [1.29, 1.82) is 0 Å². The fourth-order valence-corrected chi connectivity index (χ4v) is 7.10. The summed E-state index contributed by atoms with van der Waals surface area (Å²) in [6.45, 7) is 22.8. The maximum atomic E-state index is 12.2. The van der Waals surface area contributed by atoms with Crippen LogP contribution in [0.1, 0.15) is 66.3 Å². The number of thioether (sulfide) groups is 1. The molecule has 50 heavy (non-hydrogen) atoms. The molecule has 2 amide bonds. The number of hydrogen-bond acceptors (Lipinski definition) is 13. The number of hydrogen-bond donors (Lipinski definition) is 3. The SMILES string of the molecule is CCC(=O)N1CCN(c2nc(NC3CN(C4NCC4Nc4cc(C(C)(C)C)nc(N5CCN(C(C)=O)CC5)n4)C3)cc(C(C)(C)SC)n2)CC1. The molecule has 0 radical (unpaired) electrons. The van der Waals surface area contributed by atoms with Crippen LogP contribution in [0.25, 0.3) is 0 Å². The first-order valence-corrected chi connectivity index (χ1v) is 19.3. The van der Waals surface area contributed by atoms with Gasteiger partial charge >= 0.3 is 0 Å². The van der Waals surface area contributed by atoms with Crippen molar-refractivity contribution in [3.05, 3.63) is 23.5 Å². The zero-order valence-corrected chi connectivity index (χ0v) is 31.9. The summed E-state index contributed by atoms with van der Waals surface area (Å²) < 4.78 is -0.162. The van der Waals surface area contributed by atoms with Gasteiger partial charge in [0.15, 0.2) is 0 Å². The molecule has 2 atom stereocenters. The van der Waals surface area contributed by atoms with E-state index in [4.69, 9.17) is 19.9 Å². The van der Waals surface area contributed by atoms with Gasteiger partial charge in [-0.2, -0.15) is 21.7 Å². The number of amides is 2. The van der Waals surface area contributed by atoms with Gasteiger partial charge < -0.3 is 30.2 Å². The summed E-state index contributed by atoms with van der Waals surface area (Å²) in [6.07, 6.45) is 2.86. The third-order valence-electron chi connectivity index (χ3n) is 10.5. The molecule has 4 saturated heterocycles. The lowest BCUT2D eigenvalue weighted by atomic mass is 9.92. The number of nitrogens with one attached hydrogen (secondary N) is 3. The number of carbonyl (C=O) groups excluding carboxylic acids is 2. The zero-order chi connectivity index (χ0) is 35.8. The second-order valence-electron chi connectivity index (χ2n) is 15.5. The molecular formula is C35H56N12O2S. The van der Waals surface area contributed by atoms with E-state index in [1.807, 2.05) is 16.7 Å². The number of aromatic nitrogens is 4. The number of nitrogens with zero attached hydrogens (tertiary/aromatic N) is 9. The van der Waals surface area contributed by atoms with Crippen LogP contribution in [0.3, 0.4) is 0 Å². The van der Waals surface area contributed by atoms with E-state index in [2.05, 4.69) is 83.7 Å². The van der Waals surface area contributed by atoms with Gasteiger partial charge in [0.05, 0.1) is 34.4 Å². The van der Waals surface area contributed by atoms with E-state index in [1.54, 1.807) is 18.7 Å². The monoisotopic (exact) mass is 708 g/mol. The van der Waals surface area contributed by atoms with Gasteiger partial charge in [0, 0.05) is 103 Å². The van der Waals surface area contributed by atoms with E-state index in [-0.39, 0.29) is 40.2 Å². The third-order valence-corrected chi connectivity index (χ3v) is 11.7. The molecule has 0 spiro atoms. The van der Waals surface area contributed by atoms with Gasteiger partial charge in [-0.15, -0.1) is 0 Å². The highest BCUT2D eigenvalue weighted by atomic mass is 32.2. The molecule has 4 aliphatic rings. The Kier molecular flexibility index (Phi) is 10.7. The van der Waals surface area contributed by atoms with E-state index in [0.717, 1.165) is 80.7 Å². The summed E-state index contributed by atoms with van der Waals surface area (Å²) in [5, 5.41) is 11.1. The fraction of sp³-hybridized carbons (Fsp3) is 0.714. The molecule has 2 aromatic heterocycles. The molecule has 6 heterocycles. The Morgan fingerprint density at radius 3 is 1.86 bits per heavy atom. The molecule has 4 aliphatic heterocycles. The summed E-state index contributed by atoms with van der Waals surface area (Å²) in [5.74, 6) is 3.48. The Bertz CT molecular complexity index is 1530. The van der Waals surface area contributed by atoms with Gasteiger partial charge in [-0.1, -0.05) is 27.7 Å². The van der Waals surface area contributed by atoms with E-state index >= 15 is 0 Å². The molecule has 14 nitrogen and oxygen atoms in total. The lowest BCUT2D eigenvalue weighted by molar-refractivity contribution is -0.131. The molecule has 0 aliphatic carbocycles. The number of carbonyl (C=O) groups is 2. The van der Waals surface area contributed by atoms with Crippen molar-refractivity contribution < 1.29 is 9.59 Å². The topological polar surface area (TPSA) is 138 Å². The van der Waals surface area contributed by atoms with Crippen molar-refractivity contribution >= 4 is 47.1 Å². The molecule has 0 bridgehead atoms. The van der Waals surface area contributed by atoms with Crippen LogP contribution in [0.2, 0.25) is 0 Å². The van der Waals surface area contributed by atoms with Crippen molar-refractivity contribution in [1.82, 2.24) is 40.0 Å². The highest BCUT2D eigenvalue weighted by Gasteiger charge is 2.42. The molecule has 0 saturated carbocycles. The highest BCUT2D eigenvalue weighted by Crippen LogP contribution is 2.35. The van der Waals surface area contributed by atoms with Crippen molar-refractivity contribution in [2.24, 2.45) is 0 Å². The lowest BCUT2D eigenvalue weighted by Gasteiger charge is -2.52. The molecular weight excluding hydrogens is 653 g/mol. The standard InChI is InChI=1S/C35H56N12O2S/c1-9-30(49)44-12-16-46(17-13-44)33-40-27(35(6,7)50-8)19-28(41-33)37-24-21-47(22-24)31-25(20-36-31)38-29-18-26(34(3,4)5)39-32(42-29)45-14-10-43(11-15-45)23(2)48/h18-19,24-25,31,36H,9-17,20-22H2,1-8H3,(H,37,40,41)(H,38,39,42). The van der Waals surface area contributed by atoms with Crippen LogP contribution < -0.4 is 25.8 Å². The van der Waals surface area contributed by atoms with E-state index in [9.17, 15) is 9.59 Å². The number of rotatable bonds is 10. The van der Waals surface area contributed by atoms with E-state index < -0.39 is 0 Å². The van der Waals surface area contributed by atoms with Gasteiger partial charge in [0.25, 0.3) is 0 Å². The smallest absolute Gasteiger partial charge is 0.227 e. The minimum absolute atomic E-state index is 0.116. The molecule has 6 rings (SSSR count). The van der Waals surface area contributed by atoms with Crippen LogP contribution >= 0.6 is 11.8 Å². The average Bonchev–Trinajstić information content (AvgIpc) is 3.08. The number of likely N-dealkylation sites (tertiary alicyclic amines) is 1. The van der Waals surface area contributed by atoms with Crippen molar-refractivity contribution in [3.63, 3.8) is 0 Å². The second-order valence-corrected chi connectivity index (χ2v) is 16.9. The first-order chi connectivity index (χ1) is 23.7. The van der Waals surface area contributed by atoms with Crippen molar-refractivity contribution in [2.75, 3.05) is 98.7 Å². The predicted molar refractivity (Wildman–Crippen MR) is 201 cm³/mol. The Labute approximate surface area is 301 Å². The quantitative estimate of drug-likeness (QED) is 0.334. The molecule has 2 unspecified atom stereocenters. The summed E-state index contributed by atoms with van der Waals surface area (Å²) >= 11 is 1.78. The lowest BCUT2D eigenvalue weighted by Crippen LogP contribution is -2.74. The van der Waals surface area contributed by atoms with Gasteiger partial charge in [0.2, 0.25) is 23.7 Å². The molecule has 274 valence electrons. The summed E-state index contributed by atoms with van der Waals surface area (Å²) in [4.78, 5) is 54.7. The van der Waals surface area contributed by atoms with E-state index in [1.165, 1.54) is 0 Å². The molecule has 4 fully saturated rings. The average molecular weight is 709 g/mol. The van der Waals surface area contributed by atoms with Crippen molar-refractivity contribution in [2.45, 2.75) is 83.3 Å². The van der Waals surface area contributed by atoms with Gasteiger partial charge in [-0.3, -0.25) is 19.8 Å². The largest absolute Gasteiger partial charge is 0.365 e.